The van der Waals surface area contributed by atoms with Crippen molar-refractivity contribution < 1.29 is 15.0 Å². The molecule has 0 amide bonds. The van der Waals surface area contributed by atoms with Gasteiger partial charge in [-0.2, -0.15) is 0 Å². The SMILES string of the molecule is CCCCC(Sc1cc(C(C)(C)C)c(O)c(C(C)(C)C)c1)C(=O)O.Cl. The topological polar surface area (TPSA) is 57.5 Å². The number of phenolic OH excluding ortho intramolecular Hbond substituents is 1. The summed E-state index contributed by atoms with van der Waals surface area (Å²) >= 11 is 1.40. The number of hydrogen-bond acceptors (Lipinski definition) is 3. The van der Waals surface area contributed by atoms with Crippen LogP contribution >= 0.6 is 24.2 Å². The zero-order valence-corrected chi connectivity index (χ0v) is 18.1. The molecule has 0 spiro atoms. The van der Waals surface area contributed by atoms with E-state index in [0.29, 0.717) is 12.2 Å². The highest BCUT2D eigenvalue weighted by Gasteiger charge is 2.28. The molecule has 3 nitrogen and oxygen atoms in total. The Kier molecular flexibility index (Phi) is 8.86. The molecule has 1 unspecified atom stereocenters. The van der Waals surface area contributed by atoms with Crippen molar-refractivity contribution in [1.82, 2.24) is 0 Å². The lowest BCUT2D eigenvalue weighted by molar-refractivity contribution is -0.136. The van der Waals surface area contributed by atoms with Crippen LogP contribution in [0.3, 0.4) is 0 Å². The highest BCUT2D eigenvalue weighted by molar-refractivity contribution is 8.00. The Balaban J connectivity index is 0.00000576. The number of carboxylic acid groups (broad SMARTS) is 1. The lowest BCUT2D eigenvalue weighted by atomic mass is 9.79. The van der Waals surface area contributed by atoms with E-state index in [2.05, 4.69) is 48.5 Å². The molecular weight excluding hydrogens is 356 g/mol. The van der Waals surface area contributed by atoms with Gasteiger partial charge in [0.15, 0.2) is 0 Å². The molecule has 0 radical (unpaired) electrons. The van der Waals surface area contributed by atoms with Crippen LogP contribution in [0.15, 0.2) is 17.0 Å². The van der Waals surface area contributed by atoms with E-state index in [-0.39, 0.29) is 23.2 Å². The third-order valence-corrected chi connectivity index (χ3v) is 5.30. The summed E-state index contributed by atoms with van der Waals surface area (Å²) in [7, 11) is 0. The highest BCUT2D eigenvalue weighted by atomic mass is 35.5. The van der Waals surface area contributed by atoms with Crippen molar-refractivity contribution >= 4 is 30.1 Å². The Hall–Kier alpha value is -0.870. The average Bonchev–Trinajstić information content (AvgIpc) is 2.41. The molecule has 2 N–H and O–H groups in total. The number of aromatic hydroxyl groups is 1. The van der Waals surface area contributed by atoms with E-state index in [0.717, 1.165) is 28.9 Å². The molecule has 0 aromatic heterocycles. The summed E-state index contributed by atoms with van der Waals surface area (Å²) in [5.41, 5.74) is 1.33. The van der Waals surface area contributed by atoms with Crippen molar-refractivity contribution in [1.29, 1.82) is 0 Å². The fraction of sp³-hybridized carbons (Fsp3) is 0.650. The predicted octanol–water partition coefficient (Wildman–Crippen LogP) is 6.14. The summed E-state index contributed by atoms with van der Waals surface area (Å²) < 4.78 is 0. The largest absolute Gasteiger partial charge is 0.507 e. The Morgan fingerprint density at radius 3 is 1.84 bits per heavy atom. The van der Waals surface area contributed by atoms with Crippen molar-refractivity contribution in [2.75, 3.05) is 0 Å². The summed E-state index contributed by atoms with van der Waals surface area (Å²) in [4.78, 5) is 12.5. The molecule has 0 fully saturated rings. The maximum atomic E-state index is 11.6. The first kappa shape index (κ1) is 24.1. The van der Waals surface area contributed by atoms with Gasteiger partial charge in [0.2, 0.25) is 0 Å². The number of hydrogen-bond donors (Lipinski definition) is 2. The zero-order chi connectivity index (χ0) is 18.7. The number of aliphatic carboxylic acids is 1. The molecule has 1 rings (SSSR count). The Morgan fingerprint density at radius 2 is 1.52 bits per heavy atom. The van der Waals surface area contributed by atoms with Gasteiger partial charge in [0.25, 0.3) is 0 Å². The van der Waals surface area contributed by atoms with Crippen LogP contribution in [0.1, 0.15) is 78.9 Å². The minimum Gasteiger partial charge on any atom is -0.507 e. The van der Waals surface area contributed by atoms with Crippen LogP contribution in [0.2, 0.25) is 0 Å². The first-order valence-corrected chi connectivity index (χ1v) is 9.53. The van der Waals surface area contributed by atoms with E-state index in [1.807, 2.05) is 12.1 Å². The second-order valence-corrected chi connectivity index (χ2v) is 9.73. The van der Waals surface area contributed by atoms with Crippen molar-refractivity contribution in [2.24, 2.45) is 0 Å². The number of thioether (sulfide) groups is 1. The quantitative estimate of drug-likeness (QED) is 0.574. The fourth-order valence-electron chi connectivity index (χ4n) is 2.61. The summed E-state index contributed by atoms with van der Waals surface area (Å²) in [6.07, 6.45) is 2.55. The fourth-order valence-corrected chi connectivity index (χ4v) is 3.69. The third-order valence-electron chi connectivity index (χ3n) is 4.07. The van der Waals surface area contributed by atoms with E-state index in [1.165, 1.54) is 11.8 Å². The Bertz CT molecular complexity index is 551. The summed E-state index contributed by atoms with van der Waals surface area (Å²) in [6.45, 7) is 14.5. The Labute approximate surface area is 163 Å². The number of halogens is 1. The van der Waals surface area contributed by atoms with E-state index in [1.54, 1.807) is 0 Å². The van der Waals surface area contributed by atoms with Gasteiger partial charge < -0.3 is 10.2 Å². The van der Waals surface area contributed by atoms with Gasteiger partial charge >= 0.3 is 5.97 Å². The lowest BCUT2D eigenvalue weighted by Gasteiger charge is -2.28. The number of benzene rings is 1. The number of unbranched alkanes of at least 4 members (excludes halogenated alkanes) is 1. The van der Waals surface area contributed by atoms with Crippen LogP contribution < -0.4 is 0 Å². The predicted molar refractivity (Wildman–Crippen MR) is 110 cm³/mol. The van der Waals surface area contributed by atoms with Gasteiger partial charge in [0.1, 0.15) is 11.0 Å². The van der Waals surface area contributed by atoms with Gasteiger partial charge in [0.05, 0.1) is 0 Å². The second kappa shape index (κ2) is 9.18. The molecular formula is C20H33ClO3S. The number of rotatable bonds is 6. The van der Waals surface area contributed by atoms with Crippen LogP contribution in [0, 0.1) is 0 Å². The maximum absolute atomic E-state index is 11.6. The number of phenols is 1. The zero-order valence-electron chi connectivity index (χ0n) is 16.5. The molecule has 1 atom stereocenters. The lowest BCUT2D eigenvalue weighted by Crippen LogP contribution is -2.19. The third kappa shape index (κ3) is 6.74. The molecule has 5 heteroatoms. The van der Waals surface area contributed by atoms with Gasteiger partial charge in [-0.1, -0.05) is 61.3 Å². The number of carbonyl (C=O) groups is 1. The van der Waals surface area contributed by atoms with E-state index in [9.17, 15) is 15.0 Å². The average molecular weight is 389 g/mol. The van der Waals surface area contributed by atoms with Crippen LogP contribution in [-0.4, -0.2) is 21.4 Å². The molecule has 0 saturated carbocycles. The standard InChI is InChI=1S/C20H32O3S.ClH/c1-8-9-10-16(18(22)23)24-13-11-14(19(2,3)4)17(21)15(12-13)20(5,6)7;/h11-12,16,21H,8-10H2,1-7H3,(H,22,23);1H. The minimum absolute atomic E-state index is 0. The molecule has 1 aromatic carbocycles. The molecule has 25 heavy (non-hydrogen) atoms. The summed E-state index contributed by atoms with van der Waals surface area (Å²) in [5.74, 6) is -0.434. The van der Waals surface area contributed by atoms with Gasteiger partial charge in [-0.15, -0.1) is 24.2 Å². The number of carboxylic acids is 1. The minimum atomic E-state index is -0.767. The molecule has 1 aromatic rings. The summed E-state index contributed by atoms with van der Waals surface area (Å²) in [6, 6.07) is 3.91. The smallest absolute Gasteiger partial charge is 0.316 e. The monoisotopic (exact) mass is 388 g/mol. The van der Waals surface area contributed by atoms with Crippen molar-refractivity contribution in [2.45, 2.75) is 88.7 Å². The summed E-state index contributed by atoms with van der Waals surface area (Å²) in [5, 5.41) is 19.8. The van der Waals surface area contributed by atoms with Crippen molar-refractivity contribution in [3.63, 3.8) is 0 Å². The molecule has 0 aliphatic carbocycles. The molecule has 0 aliphatic heterocycles. The second-order valence-electron chi connectivity index (χ2n) is 8.45. The normalized spacial score (nSPS) is 13.2. The molecule has 144 valence electrons. The van der Waals surface area contributed by atoms with Crippen LogP contribution in [0.4, 0.5) is 0 Å². The Morgan fingerprint density at radius 1 is 1.08 bits per heavy atom. The molecule has 0 aliphatic rings. The van der Waals surface area contributed by atoms with E-state index < -0.39 is 11.2 Å². The van der Waals surface area contributed by atoms with Gasteiger partial charge in [0, 0.05) is 16.0 Å². The first-order valence-electron chi connectivity index (χ1n) is 8.65. The van der Waals surface area contributed by atoms with E-state index in [4.69, 9.17) is 0 Å². The van der Waals surface area contributed by atoms with Crippen molar-refractivity contribution in [3.05, 3.63) is 23.3 Å². The highest BCUT2D eigenvalue weighted by Crippen LogP contribution is 2.42. The molecule has 0 saturated heterocycles. The molecule has 0 bridgehead atoms. The van der Waals surface area contributed by atoms with Crippen LogP contribution in [0.25, 0.3) is 0 Å². The van der Waals surface area contributed by atoms with Crippen molar-refractivity contribution in [3.8, 4) is 5.75 Å². The maximum Gasteiger partial charge on any atom is 0.316 e. The van der Waals surface area contributed by atoms with E-state index >= 15 is 0 Å². The van der Waals surface area contributed by atoms with Crippen LogP contribution in [0.5, 0.6) is 5.75 Å². The van der Waals surface area contributed by atoms with Crippen LogP contribution in [-0.2, 0) is 15.6 Å². The van der Waals surface area contributed by atoms with Gasteiger partial charge in [-0.3, -0.25) is 4.79 Å². The van der Waals surface area contributed by atoms with Gasteiger partial charge in [-0.25, -0.2) is 0 Å². The van der Waals surface area contributed by atoms with Gasteiger partial charge in [-0.05, 0) is 29.4 Å². The molecule has 0 heterocycles. The first-order chi connectivity index (χ1) is 10.9.